The second-order valence-corrected chi connectivity index (χ2v) is 8.20. The highest BCUT2D eigenvalue weighted by molar-refractivity contribution is 7.67. The molecule has 0 saturated heterocycles. The molecule has 2 aromatic carbocycles. The second-order valence-electron chi connectivity index (χ2n) is 5.53. The molecule has 3 rings (SSSR count). The van der Waals surface area contributed by atoms with E-state index in [1.807, 2.05) is 24.3 Å². The maximum Gasteiger partial charge on any atom is 0.130 e. The van der Waals surface area contributed by atoms with Crippen LogP contribution in [-0.2, 0) is 0 Å². The number of ether oxygens (including phenoxy) is 3. The Hall–Kier alpha value is -1.73. The van der Waals surface area contributed by atoms with E-state index in [0.717, 1.165) is 29.2 Å². The molecular formula is C18H21O3P. The first-order chi connectivity index (χ1) is 10.7. The summed E-state index contributed by atoms with van der Waals surface area (Å²) in [5.74, 6) is 2.67. The van der Waals surface area contributed by atoms with Crippen molar-refractivity contribution in [1.29, 1.82) is 0 Å². The number of fused-ring (bicyclic) bond motifs is 1. The molecule has 1 atom stereocenters. The first-order valence-corrected chi connectivity index (χ1v) is 9.00. The summed E-state index contributed by atoms with van der Waals surface area (Å²) in [5, 5.41) is 1.33. The molecule has 22 heavy (non-hydrogen) atoms. The number of benzene rings is 2. The Labute approximate surface area is 133 Å². The first kappa shape index (κ1) is 15.2. The molecule has 0 aromatic heterocycles. The van der Waals surface area contributed by atoms with E-state index in [4.69, 9.17) is 14.2 Å². The van der Waals surface area contributed by atoms with Crippen LogP contribution >= 0.6 is 7.92 Å². The van der Waals surface area contributed by atoms with Crippen molar-refractivity contribution in [1.82, 2.24) is 0 Å². The van der Waals surface area contributed by atoms with E-state index in [2.05, 4.69) is 26.0 Å². The SMILES string of the molecule is COc1cccc(OC)c1-c1cccc2c1[P@@](C(C)C)CO2. The molecule has 0 spiro atoms. The molecule has 0 radical (unpaired) electrons. The Bertz CT molecular complexity index is 660. The van der Waals surface area contributed by atoms with Crippen LogP contribution in [-0.4, -0.2) is 26.2 Å². The number of rotatable bonds is 4. The van der Waals surface area contributed by atoms with Crippen molar-refractivity contribution in [2.75, 3.05) is 20.6 Å². The highest BCUT2D eigenvalue weighted by Gasteiger charge is 2.31. The molecule has 0 fully saturated rings. The van der Waals surface area contributed by atoms with Gasteiger partial charge in [0.05, 0.1) is 19.8 Å². The quantitative estimate of drug-likeness (QED) is 0.790. The predicted octanol–water partition coefficient (Wildman–Crippen LogP) is 4.24. The highest BCUT2D eigenvalue weighted by Crippen LogP contribution is 2.52. The zero-order valence-electron chi connectivity index (χ0n) is 13.4. The third-order valence-corrected chi connectivity index (χ3v) is 6.66. The highest BCUT2D eigenvalue weighted by atomic mass is 31.1. The Morgan fingerprint density at radius 2 is 1.64 bits per heavy atom. The molecule has 0 aliphatic carbocycles. The summed E-state index contributed by atoms with van der Waals surface area (Å²) in [4.78, 5) is 0. The van der Waals surface area contributed by atoms with Crippen LogP contribution in [0.4, 0.5) is 0 Å². The van der Waals surface area contributed by atoms with E-state index >= 15 is 0 Å². The molecule has 0 bridgehead atoms. The van der Waals surface area contributed by atoms with Crippen LogP contribution in [0.15, 0.2) is 36.4 Å². The average molecular weight is 316 g/mol. The van der Waals surface area contributed by atoms with Gasteiger partial charge in [0.25, 0.3) is 0 Å². The summed E-state index contributed by atoms with van der Waals surface area (Å²) in [7, 11) is 3.06. The minimum Gasteiger partial charge on any atom is -0.496 e. The van der Waals surface area contributed by atoms with E-state index < -0.39 is 0 Å². The van der Waals surface area contributed by atoms with E-state index in [-0.39, 0.29) is 7.92 Å². The lowest BCUT2D eigenvalue weighted by Gasteiger charge is -2.20. The van der Waals surface area contributed by atoms with Gasteiger partial charge in [0, 0.05) is 10.9 Å². The maximum absolute atomic E-state index is 5.93. The van der Waals surface area contributed by atoms with Crippen LogP contribution in [0, 0.1) is 0 Å². The van der Waals surface area contributed by atoms with Crippen LogP contribution in [0.1, 0.15) is 13.8 Å². The lowest BCUT2D eigenvalue weighted by molar-refractivity contribution is 0.397. The Morgan fingerprint density at radius 1 is 1.00 bits per heavy atom. The number of methoxy groups -OCH3 is 2. The van der Waals surface area contributed by atoms with E-state index in [1.165, 1.54) is 10.9 Å². The molecular weight excluding hydrogens is 295 g/mol. The van der Waals surface area contributed by atoms with Gasteiger partial charge in [0.15, 0.2) is 0 Å². The van der Waals surface area contributed by atoms with Gasteiger partial charge in [-0.15, -0.1) is 0 Å². The molecule has 116 valence electrons. The van der Waals surface area contributed by atoms with E-state index in [9.17, 15) is 0 Å². The van der Waals surface area contributed by atoms with Crippen LogP contribution in [0.25, 0.3) is 11.1 Å². The fraction of sp³-hybridized carbons (Fsp3) is 0.333. The van der Waals surface area contributed by atoms with Gasteiger partial charge in [-0.2, -0.15) is 0 Å². The largest absolute Gasteiger partial charge is 0.496 e. The van der Waals surface area contributed by atoms with Gasteiger partial charge in [-0.05, 0) is 31.8 Å². The lowest BCUT2D eigenvalue weighted by Crippen LogP contribution is -2.09. The van der Waals surface area contributed by atoms with Crippen molar-refractivity contribution in [3.8, 4) is 28.4 Å². The Kier molecular flexibility index (Phi) is 4.26. The van der Waals surface area contributed by atoms with Crippen molar-refractivity contribution in [2.24, 2.45) is 0 Å². The summed E-state index contributed by atoms with van der Waals surface area (Å²) in [6, 6.07) is 12.2. The van der Waals surface area contributed by atoms with Gasteiger partial charge in [-0.1, -0.05) is 32.0 Å². The fourth-order valence-corrected chi connectivity index (χ4v) is 5.00. The van der Waals surface area contributed by atoms with Gasteiger partial charge in [0.2, 0.25) is 0 Å². The molecule has 0 saturated carbocycles. The third kappa shape index (κ3) is 2.44. The van der Waals surface area contributed by atoms with Crippen LogP contribution < -0.4 is 19.5 Å². The van der Waals surface area contributed by atoms with Gasteiger partial charge in [0.1, 0.15) is 23.6 Å². The number of hydrogen-bond acceptors (Lipinski definition) is 3. The normalized spacial score (nSPS) is 16.3. The minimum absolute atomic E-state index is 0.332. The van der Waals surface area contributed by atoms with Crippen molar-refractivity contribution >= 4 is 13.2 Å². The number of hydrogen-bond donors (Lipinski definition) is 0. The standard InChI is InChI=1S/C18H21O3P/c1-12(2)22-11-21-16-10-5-7-13(18(16)22)17-14(19-3)8-6-9-15(17)20-4/h5-10,12H,11H2,1-4H3/t22-/m1/s1. The molecule has 1 aliphatic rings. The second kappa shape index (κ2) is 6.18. The van der Waals surface area contributed by atoms with Gasteiger partial charge < -0.3 is 14.2 Å². The summed E-state index contributed by atoms with van der Waals surface area (Å²) in [6.07, 6.45) is 0.802. The van der Waals surface area contributed by atoms with Crippen molar-refractivity contribution in [3.63, 3.8) is 0 Å². The molecule has 1 aliphatic heterocycles. The molecule has 4 heteroatoms. The van der Waals surface area contributed by atoms with Gasteiger partial charge in [-0.3, -0.25) is 0 Å². The van der Waals surface area contributed by atoms with Crippen LogP contribution in [0.2, 0.25) is 0 Å². The summed E-state index contributed by atoms with van der Waals surface area (Å²) < 4.78 is 17.1. The minimum atomic E-state index is -0.332. The van der Waals surface area contributed by atoms with Crippen molar-refractivity contribution in [2.45, 2.75) is 19.5 Å². The Balaban J connectivity index is 2.25. The molecule has 3 nitrogen and oxygen atoms in total. The van der Waals surface area contributed by atoms with Crippen molar-refractivity contribution < 1.29 is 14.2 Å². The average Bonchev–Trinajstić information content (AvgIpc) is 2.98. The third-order valence-electron chi connectivity index (χ3n) is 3.97. The smallest absolute Gasteiger partial charge is 0.130 e. The van der Waals surface area contributed by atoms with E-state index in [0.29, 0.717) is 5.66 Å². The molecule has 0 amide bonds. The zero-order valence-corrected chi connectivity index (χ0v) is 14.3. The molecule has 0 unspecified atom stereocenters. The summed E-state index contributed by atoms with van der Waals surface area (Å²) in [5.41, 5.74) is 2.77. The first-order valence-electron chi connectivity index (χ1n) is 7.41. The van der Waals surface area contributed by atoms with E-state index in [1.54, 1.807) is 14.2 Å². The van der Waals surface area contributed by atoms with Gasteiger partial charge >= 0.3 is 0 Å². The monoisotopic (exact) mass is 316 g/mol. The topological polar surface area (TPSA) is 27.7 Å². The van der Waals surface area contributed by atoms with Crippen molar-refractivity contribution in [3.05, 3.63) is 36.4 Å². The zero-order chi connectivity index (χ0) is 15.7. The lowest BCUT2D eigenvalue weighted by atomic mass is 10.0. The summed E-state index contributed by atoms with van der Waals surface area (Å²) in [6.45, 7) is 4.53. The Morgan fingerprint density at radius 3 is 2.23 bits per heavy atom. The molecule has 0 N–H and O–H groups in total. The van der Waals surface area contributed by atoms with Crippen LogP contribution in [0.5, 0.6) is 17.2 Å². The molecule has 1 heterocycles. The maximum atomic E-state index is 5.93. The molecule has 2 aromatic rings. The van der Waals surface area contributed by atoms with Crippen LogP contribution in [0.3, 0.4) is 0 Å². The fourth-order valence-electron chi connectivity index (χ4n) is 2.86. The summed E-state index contributed by atoms with van der Waals surface area (Å²) >= 11 is 0. The predicted molar refractivity (Wildman–Crippen MR) is 92.2 cm³/mol. The van der Waals surface area contributed by atoms with Gasteiger partial charge in [-0.25, -0.2) is 0 Å².